The van der Waals surface area contributed by atoms with Gasteiger partial charge in [-0.1, -0.05) is 49.9 Å². The van der Waals surface area contributed by atoms with Crippen molar-refractivity contribution in [2.24, 2.45) is 5.92 Å². The predicted molar refractivity (Wildman–Crippen MR) is 125 cm³/mol. The van der Waals surface area contributed by atoms with E-state index in [0.717, 1.165) is 42.0 Å². The summed E-state index contributed by atoms with van der Waals surface area (Å²) in [6, 6.07) is 15.5. The van der Waals surface area contributed by atoms with Crippen molar-refractivity contribution in [3.05, 3.63) is 54.1 Å². The first-order valence-corrected chi connectivity index (χ1v) is 11.8. The highest BCUT2D eigenvalue weighted by Gasteiger charge is 2.25. The fourth-order valence-corrected chi connectivity index (χ4v) is 4.21. The van der Waals surface area contributed by atoms with Crippen LogP contribution in [0.15, 0.2) is 53.7 Å². The second-order valence-electron chi connectivity index (χ2n) is 8.35. The molecule has 1 heterocycles. The summed E-state index contributed by atoms with van der Waals surface area (Å²) in [5.74, 6) is 0.519. The van der Waals surface area contributed by atoms with Crippen LogP contribution in [0.4, 0.5) is 5.69 Å². The number of benzene rings is 2. The zero-order valence-corrected chi connectivity index (χ0v) is 18.7. The molecule has 2 aromatic carbocycles. The Bertz CT molecular complexity index is 1090. The van der Waals surface area contributed by atoms with Crippen molar-refractivity contribution in [2.75, 3.05) is 11.1 Å². The van der Waals surface area contributed by atoms with E-state index in [-0.39, 0.29) is 23.6 Å². The average molecular weight is 437 g/mol. The molecular weight excluding hydrogens is 408 g/mol. The van der Waals surface area contributed by atoms with Crippen molar-refractivity contribution >= 4 is 40.3 Å². The van der Waals surface area contributed by atoms with E-state index >= 15 is 0 Å². The molecule has 1 aliphatic carbocycles. The van der Waals surface area contributed by atoms with Crippen LogP contribution in [0.3, 0.4) is 0 Å². The Morgan fingerprint density at radius 1 is 1.13 bits per heavy atom. The molecule has 0 radical (unpaired) electrons. The molecule has 31 heavy (non-hydrogen) atoms. The molecule has 2 amide bonds. The van der Waals surface area contributed by atoms with Gasteiger partial charge in [-0.2, -0.15) is 0 Å². The van der Waals surface area contributed by atoms with E-state index in [2.05, 4.69) is 35.1 Å². The molecule has 0 aliphatic heterocycles. The first kappa shape index (κ1) is 21.4. The van der Waals surface area contributed by atoms with E-state index in [1.165, 1.54) is 11.8 Å². The Morgan fingerprint density at radius 2 is 1.87 bits per heavy atom. The molecule has 1 saturated carbocycles. The summed E-state index contributed by atoms with van der Waals surface area (Å²) in [4.78, 5) is 29.9. The average Bonchev–Trinajstić information content (AvgIpc) is 3.49. The number of rotatable bonds is 9. The van der Waals surface area contributed by atoms with Crippen molar-refractivity contribution < 1.29 is 9.59 Å². The van der Waals surface area contributed by atoms with Gasteiger partial charge in [0.2, 0.25) is 5.91 Å². The van der Waals surface area contributed by atoms with Crippen LogP contribution in [0.5, 0.6) is 0 Å². The quantitative estimate of drug-likeness (QED) is 0.477. The van der Waals surface area contributed by atoms with E-state index in [1.807, 2.05) is 30.3 Å². The van der Waals surface area contributed by atoms with Gasteiger partial charge in [-0.05, 0) is 49.4 Å². The zero-order chi connectivity index (χ0) is 21.8. The van der Waals surface area contributed by atoms with Gasteiger partial charge in [-0.15, -0.1) is 0 Å². The molecule has 3 aromatic rings. The monoisotopic (exact) mass is 436 g/mol. The fraction of sp³-hybridized carbons (Fsp3) is 0.375. The molecule has 6 nitrogen and oxygen atoms in total. The molecule has 1 aliphatic rings. The lowest BCUT2D eigenvalue weighted by Gasteiger charge is -2.12. The number of carbonyl (C=O) groups is 2. The number of nitrogens with one attached hydrogen (secondary N) is 2. The van der Waals surface area contributed by atoms with Crippen LogP contribution in [-0.2, 0) is 11.3 Å². The van der Waals surface area contributed by atoms with E-state index in [1.54, 1.807) is 12.1 Å². The summed E-state index contributed by atoms with van der Waals surface area (Å²) in [5, 5.41) is 6.72. The van der Waals surface area contributed by atoms with Gasteiger partial charge in [0, 0.05) is 12.6 Å². The van der Waals surface area contributed by atoms with Crippen LogP contribution in [0.2, 0.25) is 0 Å². The molecule has 0 unspecified atom stereocenters. The van der Waals surface area contributed by atoms with Gasteiger partial charge in [0.25, 0.3) is 5.91 Å². The molecule has 7 heteroatoms. The lowest BCUT2D eigenvalue weighted by atomic mass is 10.1. The molecule has 162 valence electrons. The van der Waals surface area contributed by atoms with Gasteiger partial charge in [-0.25, -0.2) is 4.98 Å². The number of para-hydroxylation sites is 3. The summed E-state index contributed by atoms with van der Waals surface area (Å²) < 4.78 is 2.20. The van der Waals surface area contributed by atoms with Crippen molar-refractivity contribution in [1.29, 1.82) is 0 Å². The molecule has 0 atom stereocenters. The minimum Gasteiger partial charge on any atom is -0.349 e. The number of hydrogen-bond donors (Lipinski definition) is 2. The van der Waals surface area contributed by atoms with E-state index in [0.29, 0.717) is 17.2 Å². The highest BCUT2D eigenvalue weighted by molar-refractivity contribution is 7.99. The normalized spacial score (nSPS) is 13.5. The second-order valence-corrected chi connectivity index (χ2v) is 9.29. The SMILES string of the molecule is CC(C)CCn1c(SCC(=O)Nc2ccccc2C(=O)NC2CC2)nc2ccccc21. The smallest absolute Gasteiger partial charge is 0.253 e. The molecular formula is C24H28N4O2S. The lowest BCUT2D eigenvalue weighted by molar-refractivity contribution is -0.113. The molecule has 1 fully saturated rings. The number of carbonyl (C=O) groups excluding carboxylic acids is 2. The predicted octanol–water partition coefficient (Wildman–Crippen LogP) is 4.71. The molecule has 2 N–H and O–H groups in total. The van der Waals surface area contributed by atoms with Crippen LogP contribution in [0, 0.1) is 5.92 Å². The number of hydrogen-bond acceptors (Lipinski definition) is 4. The molecule has 0 spiro atoms. The van der Waals surface area contributed by atoms with Crippen molar-refractivity contribution in [2.45, 2.75) is 50.9 Å². The number of imidazole rings is 1. The summed E-state index contributed by atoms with van der Waals surface area (Å²) in [7, 11) is 0. The minimum absolute atomic E-state index is 0.137. The number of fused-ring (bicyclic) bond motifs is 1. The van der Waals surface area contributed by atoms with Crippen molar-refractivity contribution in [3.8, 4) is 0 Å². The first-order valence-electron chi connectivity index (χ1n) is 10.8. The van der Waals surface area contributed by atoms with Crippen molar-refractivity contribution in [3.63, 3.8) is 0 Å². The molecule has 4 rings (SSSR count). The number of aromatic nitrogens is 2. The molecule has 0 saturated heterocycles. The van der Waals surface area contributed by atoms with Gasteiger partial charge in [0.15, 0.2) is 5.16 Å². The van der Waals surface area contributed by atoms with E-state index in [4.69, 9.17) is 4.98 Å². The Labute approximate surface area is 186 Å². The van der Waals surface area contributed by atoms with Crippen LogP contribution in [-0.4, -0.2) is 33.2 Å². The van der Waals surface area contributed by atoms with Gasteiger partial charge >= 0.3 is 0 Å². The van der Waals surface area contributed by atoms with Crippen LogP contribution in [0.1, 0.15) is 43.5 Å². The lowest BCUT2D eigenvalue weighted by Crippen LogP contribution is -2.27. The Hall–Kier alpha value is -2.80. The summed E-state index contributed by atoms with van der Waals surface area (Å²) >= 11 is 1.43. The van der Waals surface area contributed by atoms with Gasteiger partial charge < -0.3 is 15.2 Å². The third-order valence-corrected chi connectivity index (χ3v) is 6.22. The van der Waals surface area contributed by atoms with Gasteiger partial charge in [0.05, 0.1) is 28.0 Å². The topological polar surface area (TPSA) is 76.0 Å². The fourth-order valence-electron chi connectivity index (χ4n) is 3.36. The number of thioether (sulfide) groups is 1. The standard InChI is InChI=1S/C24H28N4O2S/c1-16(2)13-14-28-21-10-6-5-9-20(21)27-24(28)31-15-22(29)26-19-8-4-3-7-18(19)23(30)25-17-11-12-17/h3-10,16-17H,11-15H2,1-2H3,(H,25,30)(H,26,29). The third-order valence-electron chi connectivity index (χ3n) is 5.24. The summed E-state index contributed by atoms with van der Waals surface area (Å²) in [5.41, 5.74) is 3.07. The molecule has 0 bridgehead atoms. The largest absolute Gasteiger partial charge is 0.349 e. The highest BCUT2D eigenvalue weighted by Crippen LogP contribution is 2.26. The van der Waals surface area contributed by atoms with Gasteiger partial charge in [0.1, 0.15) is 0 Å². The number of amides is 2. The maximum absolute atomic E-state index is 12.7. The maximum Gasteiger partial charge on any atom is 0.253 e. The summed E-state index contributed by atoms with van der Waals surface area (Å²) in [6.07, 6.45) is 3.09. The van der Waals surface area contributed by atoms with Crippen LogP contribution in [0.25, 0.3) is 11.0 Å². The Morgan fingerprint density at radius 3 is 2.65 bits per heavy atom. The van der Waals surface area contributed by atoms with E-state index in [9.17, 15) is 9.59 Å². The van der Waals surface area contributed by atoms with E-state index < -0.39 is 0 Å². The Balaban J connectivity index is 1.44. The number of nitrogens with zero attached hydrogens (tertiary/aromatic N) is 2. The highest BCUT2D eigenvalue weighted by atomic mass is 32.2. The van der Waals surface area contributed by atoms with Crippen molar-refractivity contribution in [1.82, 2.24) is 14.9 Å². The second kappa shape index (κ2) is 9.56. The summed E-state index contributed by atoms with van der Waals surface area (Å²) in [6.45, 7) is 5.28. The minimum atomic E-state index is -0.154. The third kappa shape index (κ3) is 5.47. The molecule has 1 aromatic heterocycles. The zero-order valence-electron chi connectivity index (χ0n) is 17.9. The Kier molecular flexibility index (Phi) is 6.61. The number of aryl methyl sites for hydroxylation is 1. The number of anilines is 1. The maximum atomic E-state index is 12.7. The van der Waals surface area contributed by atoms with Gasteiger partial charge in [-0.3, -0.25) is 9.59 Å². The first-order chi connectivity index (χ1) is 15.0. The van der Waals surface area contributed by atoms with Crippen LogP contribution < -0.4 is 10.6 Å². The van der Waals surface area contributed by atoms with Crippen LogP contribution >= 0.6 is 11.8 Å².